The molecule has 0 atom stereocenters. The van der Waals surface area contributed by atoms with E-state index in [1.807, 2.05) is 0 Å². The second-order valence-corrected chi connectivity index (χ2v) is 3.48. The van der Waals surface area contributed by atoms with Crippen LogP contribution in [0, 0.1) is 0 Å². The van der Waals surface area contributed by atoms with Crippen molar-refractivity contribution < 1.29 is 9.21 Å². The number of hydrogen-bond donors (Lipinski definition) is 1. The molecule has 2 heterocycles. The normalized spacial score (nSPS) is 10.7. The van der Waals surface area contributed by atoms with Gasteiger partial charge in [0.1, 0.15) is 12.3 Å². The fraction of sp³-hybridized carbons (Fsp3) is 0.0833. The van der Waals surface area contributed by atoms with Crippen molar-refractivity contribution in [3.63, 3.8) is 0 Å². The quantitative estimate of drug-likeness (QED) is 0.632. The molecule has 0 aliphatic heterocycles. The topological polar surface area (TPSA) is 76.6 Å². The highest BCUT2D eigenvalue weighted by atomic mass is 16.3. The summed E-state index contributed by atoms with van der Waals surface area (Å²) >= 11 is 0. The number of nitrogens with one attached hydrogen (secondary N) is 1. The lowest BCUT2D eigenvalue weighted by molar-refractivity contribution is -0.121. The molecule has 1 amide bonds. The van der Waals surface area contributed by atoms with Crippen LogP contribution in [0.25, 0.3) is 0 Å². The van der Waals surface area contributed by atoms with E-state index in [1.165, 1.54) is 29.3 Å². The van der Waals surface area contributed by atoms with E-state index in [-0.39, 0.29) is 18.0 Å². The molecule has 2 rings (SSSR count). The van der Waals surface area contributed by atoms with Crippen molar-refractivity contribution in [2.75, 3.05) is 0 Å². The second kappa shape index (κ2) is 5.62. The van der Waals surface area contributed by atoms with Crippen LogP contribution in [0.2, 0.25) is 0 Å². The lowest BCUT2D eigenvalue weighted by atomic mass is 10.4. The molecular weight excluding hydrogens is 234 g/mol. The summed E-state index contributed by atoms with van der Waals surface area (Å²) in [5.74, 6) is 0.151. The maximum atomic E-state index is 11.5. The molecule has 0 aromatic carbocycles. The van der Waals surface area contributed by atoms with Gasteiger partial charge in [0.25, 0.3) is 11.5 Å². The monoisotopic (exact) mass is 245 g/mol. The van der Waals surface area contributed by atoms with E-state index < -0.39 is 0 Å². The minimum atomic E-state index is -0.383. The molecule has 0 radical (unpaired) electrons. The van der Waals surface area contributed by atoms with Gasteiger partial charge in [-0.1, -0.05) is 6.07 Å². The Morgan fingerprint density at radius 3 is 3.00 bits per heavy atom. The van der Waals surface area contributed by atoms with Crippen molar-refractivity contribution in [2.45, 2.75) is 6.54 Å². The number of furan rings is 1. The number of carbonyl (C=O) groups is 1. The summed E-state index contributed by atoms with van der Waals surface area (Å²) in [4.78, 5) is 22.8. The largest absolute Gasteiger partial charge is 0.463 e. The van der Waals surface area contributed by atoms with Crippen LogP contribution in [0.15, 0.2) is 57.1 Å². The van der Waals surface area contributed by atoms with Gasteiger partial charge in [-0.2, -0.15) is 5.10 Å². The first-order valence-corrected chi connectivity index (χ1v) is 5.26. The molecule has 0 saturated carbocycles. The number of rotatable bonds is 4. The summed E-state index contributed by atoms with van der Waals surface area (Å²) in [7, 11) is 0. The summed E-state index contributed by atoms with van der Waals surface area (Å²) in [6.45, 7) is -0.0742. The van der Waals surface area contributed by atoms with Crippen LogP contribution in [0.3, 0.4) is 0 Å². The van der Waals surface area contributed by atoms with Gasteiger partial charge in [0, 0.05) is 12.3 Å². The molecule has 0 spiro atoms. The van der Waals surface area contributed by atoms with Crippen LogP contribution in [-0.4, -0.2) is 16.7 Å². The fourth-order valence-corrected chi connectivity index (χ4v) is 1.31. The van der Waals surface area contributed by atoms with Crippen LogP contribution < -0.4 is 11.0 Å². The fourth-order valence-electron chi connectivity index (χ4n) is 1.31. The van der Waals surface area contributed by atoms with Crippen LogP contribution in [0.4, 0.5) is 0 Å². The van der Waals surface area contributed by atoms with Crippen LogP contribution >= 0.6 is 0 Å². The number of hydrogen-bond acceptors (Lipinski definition) is 4. The SMILES string of the molecule is O=C(Cn1ccccc1=O)N/N=C\c1ccco1. The van der Waals surface area contributed by atoms with E-state index >= 15 is 0 Å². The Morgan fingerprint density at radius 2 is 2.28 bits per heavy atom. The van der Waals surface area contributed by atoms with Gasteiger partial charge in [0.2, 0.25) is 0 Å². The summed E-state index contributed by atoms with van der Waals surface area (Å²) in [6.07, 6.45) is 4.43. The van der Waals surface area contributed by atoms with E-state index in [0.29, 0.717) is 5.76 Å². The predicted molar refractivity (Wildman–Crippen MR) is 65.1 cm³/mol. The highest BCUT2D eigenvalue weighted by molar-refractivity contribution is 5.80. The van der Waals surface area contributed by atoms with Gasteiger partial charge in [-0.25, -0.2) is 5.43 Å². The third-order valence-electron chi connectivity index (χ3n) is 2.14. The Morgan fingerprint density at radius 1 is 1.39 bits per heavy atom. The molecule has 6 nitrogen and oxygen atoms in total. The molecule has 92 valence electrons. The number of aromatic nitrogens is 1. The first kappa shape index (κ1) is 11.8. The summed E-state index contributed by atoms with van der Waals surface area (Å²) in [5, 5.41) is 3.71. The molecule has 18 heavy (non-hydrogen) atoms. The zero-order valence-corrected chi connectivity index (χ0v) is 9.45. The van der Waals surface area contributed by atoms with E-state index in [4.69, 9.17) is 4.42 Å². The van der Waals surface area contributed by atoms with Crippen LogP contribution in [0.5, 0.6) is 0 Å². The summed E-state index contributed by atoms with van der Waals surface area (Å²) < 4.78 is 6.29. The molecule has 0 aliphatic carbocycles. The van der Waals surface area contributed by atoms with Crippen LogP contribution in [-0.2, 0) is 11.3 Å². The smallest absolute Gasteiger partial charge is 0.260 e. The number of nitrogens with zero attached hydrogens (tertiary/aromatic N) is 2. The summed E-state index contributed by atoms with van der Waals surface area (Å²) in [6, 6.07) is 8.11. The average Bonchev–Trinajstić information content (AvgIpc) is 2.85. The van der Waals surface area contributed by atoms with Crippen molar-refractivity contribution in [3.05, 3.63) is 58.9 Å². The third kappa shape index (κ3) is 3.18. The Labute approximate surface area is 103 Å². The lowest BCUT2D eigenvalue weighted by Crippen LogP contribution is -2.28. The van der Waals surface area contributed by atoms with Gasteiger partial charge < -0.3 is 8.98 Å². The van der Waals surface area contributed by atoms with Crippen molar-refractivity contribution in [3.8, 4) is 0 Å². The standard InChI is InChI=1S/C12H11N3O3/c16-11(9-15-6-2-1-5-12(15)17)14-13-8-10-4-3-7-18-10/h1-8H,9H2,(H,14,16)/b13-8-. The molecule has 0 unspecified atom stereocenters. The van der Waals surface area contributed by atoms with Gasteiger partial charge in [0.05, 0.1) is 12.5 Å². The van der Waals surface area contributed by atoms with Gasteiger partial charge in [0.15, 0.2) is 0 Å². The van der Waals surface area contributed by atoms with E-state index in [9.17, 15) is 9.59 Å². The molecule has 0 fully saturated rings. The molecule has 0 bridgehead atoms. The predicted octanol–water partition coefficient (Wildman–Crippen LogP) is 0.592. The Balaban J connectivity index is 1.90. The number of amides is 1. The molecule has 6 heteroatoms. The van der Waals surface area contributed by atoms with Gasteiger partial charge >= 0.3 is 0 Å². The Hall–Kier alpha value is -2.63. The first-order chi connectivity index (χ1) is 8.75. The van der Waals surface area contributed by atoms with E-state index in [1.54, 1.807) is 24.3 Å². The molecule has 1 N–H and O–H groups in total. The Bertz CT molecular complexity index is 599. The van der Waals surface area contributed by atoms with Crippen molar-refractivity contribution >= 4 is 12.1 Å². The van der Waals surface area contributed by atoms with Crippen molar-refractivity contribution in [1.82, 2.24) is 9.99 Å². The highest BCUT2D eigenvalue weighted by Gasteiger charge is 2.01. The number of hydrazone groups is 1. The zero-order chi connectivity index (χ0) is 12.8. The molecule has 0 aliphatic rings. The average molecular weight is 245 g/mol. The molecule has 2 aromatic heterocycles. The number of pyridine rings is 1. The zero-order valence-electron chi connectivity index (χ0n) is 9.45. The highest BCUT2D eigenvalue weighted by Crippen LogP contribution is 1.94. The minimum absolute atomic E-state index is 0.0742. The van der Waals surface area contributed by atoms with E-state index in [0.717, 1.165) is 0 Å². The lowest BCUT2D eigenvalue weighted by Gasteiger charge is -2.02. The van der Waals surface area contributed by atoms with Crippen molar-refractivity contribution in [2.24, 2.45) is 5.10 Å². The van der Waals surface area contributed by atoms with Gasteiger partial charge in [-0.3, -0.25) is 9.59 Å². The number of carbonyl (C=O) groups excluding carboxylic acids is 1. The van der Waals surface area contributed by atoms with Crippen molar-refractivity contribution in [1.29, 1.82) is 0 Å². The first-order valence-electron chi connectivity index (χ1n) is 5.26. The minimum Gasteiger partial charge on any atom is -0.463 e. The maximum Gasteiger partial charge on any atom is 0.260 e. The van der Waals surface area contributed by atoms with E-state index in [2.05, 4.69) is 10.5 Å². The maximum absolute atomic E-state index is 11.5. The summed E-state index contributed by atoms with van der Waals surface area (Å²) in [5.41, 5.74) is 2.07. The third-order valence-corrected chi connectivity index (χ3v) is 2.14. The molecular formula is C12H11N3O3. The molecule has 0 saturated heterocycles. The van der Waals surface area contributed by atoms with Crippen LogP contribution in [0.1, 0.15) is 5.76 Å². The Kier molecular flexibility index (Phi) is 3.70. The van der Waals surface area contributed by atoms with Gasteiger partial charge in [-0.15, -0.1) is 0 Å². The van der Waals surface area contributed by atoms with Gasteiger partial charge in [-0.05, 0) is 18.2 Å². The second-order valence-electron chi connectivity index (χ2n) is 3.48. The molecule has 2 aromatic rings.